The lowest BCUT2D eigenvalue weighted by atomic mass is 10.1. The maximum atomic E-state index is 13.0. The van der Waals surface area contributed by atoms with Gasteiger partial charge in [0.25, 0.3) is 11.5 Å². The summed E-state index contributed by atoms with van der Waals surface area (Å²) in [6, 6.07) is 13.5. The molecular formula is C21H24N2O2. The summed E-state index contributed by atoms with van der Waals surface area (Å²) in [6.07, 6.45) is 8.28. The highest BCUT2D eigenvalue weighted by molar-refractivity contribution is 5.94. The van der Waals surface area contributed by atoms with Crippen molar-refractivity contribution < 1.29 is 4.79 Å². The molecule has 3 rings (SSSR count). The largest absolute Gasteiger partial charge is 0.332 e. The van der Waals surface area contributed by atoms with Crippen LogP contribution in [-0.4, -0.2) is 28.4 Å². The van der Waals surface area contributed by atoms with Crippen LogP contribution in [0.4, 0.5) is 0 Å². The minimum Gasteiger partial charge on any atom is -0.332 e. The number of hydrogen-bond acceptors (Lipinski definition) is 2. The van der Waals surface area contributed by atoms with E-state index in [-0.39, 0.29) is 23.1 Å². The number of carbonyl (C=O) groups excluding carboxylic acids is 1. The van der Waals surface area contributed by atoms with E-state index >= 15 is 0 Å². The molecule has 1 amide bonds. The molecule has 1 fully saturated rings. The number of aromatic nitrogens is 1. The van der Waals surface area contributed by atoms with Crippen LogP contribution in [0.1, 0.15) is 47.3 Å². The minimum absolute atomic E-state index is 0.0240. The van der Waals surface area contributed by atoms with Crippen LogP contribution in [0.2, 0.25) is 0 Å². The van der Waals surface area contributed by atoms with Gasteiger partial charge in [0.2, 0.25) is 0 Å². The number of carbonyl (C=O) groups is 1. The predicted molar refractivity (Wildman–Crippen MR) is 101 cm³/mol. The van der Waals surface area contributed by atoms with E-state index in [1.165, 1.54) is 0 Å². The summed E-state index contributed by atoms with van der Waals surface area (Å²) in [4.78, 5) is 29.7. The number of likely N-dealkylation sites (tertiary alicyclic amines) is 1. The van der Waals surface area contributed by atoms with Crippen molar-refractivity contribution in [1.29, 1.82) is 0 Å². The maximum Gasteiger partial charge on any atom is 0.260 e. The van der Waals surface area contributed by atoms with E-state index in [2.05, 4.69) is 17.1 Å². The van der Waals surface area contributed by atoms with Gasteiger partial charge in [0.15, 0.2) is 0 Å². The second-order valence-corrected chi connectivity index (χ2v) is 6.57. The third-order valence-corrected chi connectivity index (χ3v) is 4.66. The van der Waals surface area contributed by atoms with E-state index in [1.54, 1.807) is 12.1 Å². The van der Waals surface area contributed by atoms with Gasteiger partial charge in [-0.2, -0.15) is 0 Å². The SMILES string of the molecule is Cc1ccc(C(=O)N2CCCCCC2/C=C/c2ccccc2)c(=O)[nH]1. The molecule has 0 spiro atoms. The Morgan fingerprint density at radius 3 is 2.68 bits per heavy atom. The predicted octanol–water partition coefficient (Wildman–Crippen LogP) is 3.78. The van der Waals surface area contributed by atoms with Crippen LogP contribution in [0.5, 0.6) is 0 Å². The lowest BCUT2D eigenvalue weighted by molar-refractivity contribution is 0.0717. The fourth-order valence-electron chi connectivity index (χ4n) is 3.27. The summed E-state index contributed by atoms with van der Waals surface area (Å²) in [5.41, 5.74) is 1.80. The molecule has 25 heavy (non-hydrogen) atoms. The van der Waals surface area contributed by atoms with Gasteiger partial charge in [-0.05, 0) is 37.5 Å². The topological polar surface area (TPSA) is 53.2 Å². The third-order valence-electron chi connectivity index (χ3n) is 4.66. The van der Waals surface area contributed by atoms with Crippen molar-refractivity contribution >= 4 is 12.0 Å². The Labute approximate surface area is 148 Å². The Morgan fingerprint density at radius 1 is 1.12 bits per heavy atom. The van der Waals surface area contributed by atoms with Gasteiger partial charge in [-0.1, -0.05) is 55.3 Å². The molecule has 0 radical (unpaired) electrons. The smallest absolute Gasteiger partial charge is 0.260 e. The zero-order valence-electron chi connectivity index (χ0n) is 14.6. The Morgan fingerprint density at radius 2 is 1.92 bits per heavy atom. The Balaban J connectivity index is 1.86. The van der Waals surface area contributed by atoms with Gasteiger partial charge < -0.3 is 9.88 Å². The number of rotatable bonds is 3. The first kappa shape index (κ1) is 17.2. The van der Waals surface area contributed by atoms with Crippen LogP contribution in [0.3, 0.4) is 0 Å². The molecule has 1 aromatic heterocycles. The van der Waals surface area contributed by atoms with Crippen LogP contribution in [0, 0.1) is 6.92 Å². The van der Waals surface area contributed by atoms with Crippen LogP contribution in [0.15, 0.2) is 53.3 Å². The Kier molecular flexibility index (Phi) is 5.49. The van der Waals surface area contributed by atoms with Gasteiger partial charge in [0, 0.05) is 12.2 Å². The van der Waals surface area contributed by atoms with Gasteiger partial charge in [-0.25, -0.2) is 0 Å². The number of amides is 1. The highest BCUT2D eigenvalue weighted by atomic mass is 16.2. The number of aromatic amines is 1. The number of aryl methyl sites for hydroxylation is 1. The monoisotopic (exact) mass is 336 g/mol. The van der Waals surface area contributed by atoms with Crippen molar-refractivity contribution in [3.05, 3.63) is 75.7 Å². The summed E-state index contributed by atoms with van der Waals surface area (Å²) in [5.74, 6) is -0.175. The molecule has 0 aliphatic carbocycles. The molecule has 4 heteroatoms. The molecule has 1 aromatic carbocycles. The zero-order chi connectivity index (χ0) is 17.6. The van der Waals surface area contributed by atoms with E-state index in [4.69, 9.17) is 0 Å². The first-order valence-corrected chi connectivity index (χ1v) is 8.89. The molecule has 1 saturated heterocycles. The molecule has 2 heterocycles. The van der Waals surface area contributed by atoms with Crippen LogP contribution >= 0.6 is 0 Å². The van der Waals surface area contributed by atoms with Crippen molar-refractivity contribution in [2.45, 2.75) is 38.6 Å². The van der Waals surface area contributed by atoms with Gasteiger partial charge in [-0.15, -0.1) is 0 Å². The first-order chi connectivity index (χ1) is 12.1. The molecule has 1 N–H and O–H groups in total. The Hall–Kier alpha value is -2.62. The second-order valence-electron chi connectivity index (χ2n) is 6.57. The minimum atomic E-state index is -0.306. The van der Waals surface area contributed by atoms with Crippen molar-refractivity contribution in [1.82, 2.24) is 9.88 Å². The molecule has 130 valence electrons. The van der Waals surface area contributed by atoms with E-state index < -0.39 is 0 Å². The quantitative estimate of drug-likeness (QED) is 0.927. The zero-order valence-corrected chi connectivity index (χ0v) is 14.6. The number of pyridine rings is 1. The molecule has 1 aliphatic rings. The fraction of sp³-hybridized carbons (Fsp3) is 0.333. The molecule has 0 saturated carbocycles. The van der Waals surface area contributed by atoms with E-state index in [1.807, 2.05) is 42.2 Å². The second kappa shape index (κ2) is 7.97. The van der Waals surface area contributed by atoms with E-state index in [0.29, 0.717) is 6.54 Å². The maximum absolute atomic E-state index is 13.0. The summed E-state index contributed by atoms with van der Waals surface area (Å²) >= 11 is 0. The summed E-state index contributed by atoms with van der Waals surface area (Å²) in [5, 5.41) is 0. The van der Waals surface area contributed by atoms with Gasteiger partial charge in [0.1, 0.15) is 5.56 Å². The first-order valence-electron chi connectivity index (χ1n) is 8.89. The molecular weight excluding hydrogens is 312 g/mol. The molecule has 1 atom stereocenters. The van der Waals surface area contributed by atoms with Gasteiger partial charge in [-0.3, -0.25) is 9.59 Å². The average molecular weight is 336 g/mol. The lowest BCUT2D eigenvalue weighted by Gasteiger charge is -2.27. The highest BCUT2D eigenvalue weighted by Gasteiger charge is 2.26. The lowest BCUT2D eigenvalue weighted by Crippen LogP contribution is -2.41. The summed E-state index contributed by atoms with van der Waals surface area (Å²) < 4.78 is 0. The number of nitrogens with zero attached hydrogens (tertiary/aromatic N) is 1. The Bertz CT molecular complexity index is 808. The van der Waals surface area contributed by atoms with Crippen molar-refractivity contribution in [3.63, 3.8) is 0 Å². The molecule has 2 aromatic rings. The van der Waals surface area contributed by atoms with Crippen molar-refractivity contribution in [2.24, 2.45) is 0 Å². The number of H-pyrrole nitrogens is 1. The van der Waals surface area contributed by atoms with Crippen LogP contribution in [0.25, 0.3) is 6.08 Å². The van der Waals surface area contributed by atoms with Crippen LogP contribution < -0.4 is 5.56 Å². The molecule has 1 unspecified atom stereocenters. The summed E-state index contributed by atoms with van der Waals surface area (Å²) in [7, 11) is 0. The van der Waals surface area contributed by atoms with Gasteiger partial charge >= 0.3 is 0 Å². The van der Waals surface area contributed by atoms with Crippen molar-refractivity contribution in [2.75, 3.05) is 6.54 Å². The van der Waals surface area contributed by atoms with E-state index in [9.17, 15) is 9.59 Å². The molecule has 0 bridgehead atoms. The number of nitrogens with one attached hydrogen (secondary N) is 1. The average Bonchev–Trinajstić information content (AvgIpc) is 2.86. The van der Waals surface area contributed by atoms with Crippen molar-refractivity contribution in [3.8, 4) is 0 Å². The fourth-order valence-corrected chi connectivity index (χ4v) is 3.27. The number of benzene rings is 1. The normalized spacial score (nSPS) is 18.3. The van der Waals surface area contributed by atoms with Gasteiger partial charge in [0.05, 0.1) is 6.04 Å². The number of hydrogen-bond donors (Lipinski definition) is 1. The van der Waals surface area contributed by atoms with E-state index in [0.717, 1.165) is 36.9 Å². The molecule has 1 aliphatic heterocycles. The summed E-state index contributed by atoms with van der Waals surface area (Å²) in [6.45, 7) is 2.50. The van der Waals surface area contributed by atoms with Crippen LogP contribution in [-0.2, 0) is 0 Å². The standard InChI is InChI=1S/C21H24N2O2/c1-16-11-14-19(20(24)22-16)21(25)23-15-7-3-6-10-18(23)13-12-17-8-4-2-5-9-17/h2,4-5,8-9,11-14,18H,3,6-7,10,15H2,1H3,(H,22,24)/b13-12+. The third kappa shape index (κ3) is 4.27. The highest BCUT2D eigenvalue weighted by Crippen LogP contribution is 2.20. The molecule has 4 nitrogen and oxygen atoms in total.